The van der Waals surface area contributed by atoms with Gasteiger partial charge in [0.15, 0.2) is 0 Å². The van der Waals surface area contributed by atoms with Crippen LogP contribution in [0.2, 0.25) is 0 Å². The second-order valence-corrected chi connectivity index (χ2v) is 8.73. The van der Waals surface area contributed by atoms with E-state index in [0.717, 1.165) is 22.3 Å². The fourth-order valence-corrected chi connectivity index (χ4v) is 4.57. The lowest BCUT2D eigenvalue weighted by molar-refractivity contribution is -0.139. The number of fused-ring (bicyclic) bond motifs is 3. The number of benzene rings is 2. The van der Waals surface area contributed by atoms with E-state index in [9.17, 15) is 14.4 Å². The van der Waals surface area contributed by atoms with Crippen molar-refractivity contribution in [1.82, 2.24) is 10.6 Å². The van der Waals surface area contributed by atoms with Gasteiger partial charge in [0.1, 0.15) is 6.61 Å². The third kappa shape index (κ3) is 5.56. The highest BCUT2D eigenvalue weighted by atomic mass is 16.5. The Hall–Kier alpha value is -3.39. The first-order valence-electron chi connectivity index (χ1n) is 11.7. The third-order valence-electron chi connectivity index (χ3n) is 6.43. The molecule has 4 rings (SSSR count). The van der Waals surface area contributed by atoms with E-state index in [1.54, 1.807) is 0 Å². The van der Waals surface area contributed by atoms with Gasteiger partial charge in [-0.2, -0.15) is 0 Å². The van der Waals surface area contributed by atoms with Crippen LogP contribution in [-0.4, -0.2) is 55.5 Å². The van der Waals surface area contributed by atoms with E-state index in [0.29, 0.717) is 19.6 Å². The summed E-state index contributed by atoms with van der Waals surface area (Å²) in [6.45, 7) is 2.91. The number of ether oxygens (including phenoxy) is 2. The zero-order valence-corrected chi connectivity index (χ0v) is 19.2. The van der Waals surface area contributed by atoms with Crippen LogP contribution in [0.4, 0.5) is 4.79 Å². The molecule has 2 aromatic carbocycles. The number of rotatable bonds is 11. The Labute approximate surface area is 198 Å². The van der Waals surface area contributed by atoms with Gasteiger partial charge in [0.2, 0.25) is 5.91 Å². The fourth-order valence-electron chi connectivity index (χ4n) is 4.57. The van der Waals surface area contributed by atoms with Crippen molar-refractivity contribution in [3.05, 3.63) is 59.7 Å². The number of carbonyl (C=O) groups is 3. The SMILES string of the molecule is CCOC(CNC(=O)OCC1c2ccccc2-c2ccccc21)CC(=O)NC[C@H]1C[C@H]1C(=O)O. The van der Waals surface area contributed by atoms with Crippen molar-refractivity contribution >= 4 is 18.0 Å². The van der Waals surface area contributed by atoms with E-state index < -0.39 is 18.2 Å². The normalized spacial score (nSPS) is 19.0. The van der Waals surface area contributed by atoms with E-state index in [1.165, 1.54) is 0 Å². The minimum atomic E-state index is -0.821. The van der Waals surface area contributed by atoms with Crippen molar-refractivity contribution in [3.8, 4) is 11.1 Å². The zero-order valence-electron chi connectivity index (χ0n) is 19.2. The molecule has 0 bridgehead atoms. The van der Waals surface area contributed by atoms with Gasteiger partial charge in [-0.25, -0.2) is 4.79 Å². The van der Waals surface area contributed by atoms with E-state index >= 15 is 0 Å². The Kier molecular flexibility index (Phi) is 7.47. The van der Waals surface area contributed by atoms with Crippen LogP contribution in [0, 0.1) is 11.8 Å². The lowest BCUT2D eigenvalue weighted by Gasteiger charge is -2.18. The summed E-state index contributed by atoms with van der Waals surface area (Å²) in [5.41, 5.74) is 4.60. The molecule has 1 saturated carbocycles. The molecule has 1 unspecified atom stereocenters. The number of carboxylic acid groups (broad SMARTS) is 1. The van der Waals surface area contributed by atoms with Crippen molar-refractivity contribution in [3.63, 3.8) is 0 Å². The van der Waals surface area contributed by atoms with Gasteiger partial charge >= 0.3 is 12.1 Å². The molecule has 1 fully saturated rings. The van der Waals surface area contributed by atoms with Gasteiger partial charge in [-0.15, -0.1) is 0 Å². The van der Waals surface area contributed by atoms with E-state index in [4.69, 9.17) is 14.6 Å². The lowest BCUT2D eigenvalue weighted by Crippen LogP contribution is -2.38. The third-order valence-corrected chi connectivity index (χ3v) is 6.43. The van der Waals surface area contributed by atoms with Crippen LogP contribution in [0.25, 0.3) is 11.1 Å². The monoisotopic (exact) mass is 466 g/mol. The molecule has 3 N–H and O–H groups in total. The number of hydrogen-bond acceptors (Lipinski definition) is 5. The van der Waals surface area contributed by atoms with Gasteiger partial charge in [-0.3, -0.25) is 9.59 Å². The predicted octanol–water partition coefficient (Wildman–Crippen LogP) is 3.16. The summed E-state index contributed by atoms with van der Waals surface area (Å²) in [6.07, 6.45) is -0.398. The molecule has 0 aliphatic heterocycles. The number of carbonyl (C=O) groups excluding carboxylic acids is 2. The van der Waals surface area contributed by atoms with Gasteiger partial charge in [-0.1, -0.05) is 48.5 Å². The Morgan fingerprint density at radius 1 is 1.03 bits per heavy atom. The fraction of sp³-hybridized carbons (Fsp3) is 0.423. The van der Waals surface area contributed by atoms with Crippen LogP contribution in [0.1, 0.15) is 36.8 Å². The molecular formula is C26H30N2O6. The minimum Gasteiger partial charge on any atom is -0.481 e. The standard InChI is InChI=1S/C26H30N2O6/c1-2-33-17(12-24(29)27-13-16-11-22(16)25(30)31)14-28-26(32)34-15-23-20-9-5-3-7-18(20)19-8-4-6-10-21(19)23/h3-10,16-17,22-23H,2,11-15H2,1H3,(H,27,29)(H,28,32)(H,30,31)/t16-,17?,22-/m1/s1. The number of carboxylic acids is 1. The average molecular weight is 467 g/mol. The Bertz CT molecular complexity index is 1010. The Balaban J connectivity index is 1.24. The van der Waals surface area contributed by atoms with Gasteiger partial charge in [0.05, 0.1) is 18.4 Å². The molecule has 0 spiro atoms. The van der Waals surface area contributed by atoms with E-state index in [1.807, 2.05) is 31.2 Å². The summed E-state index contributed by atoms with van der Waals surface area (Å²) in [5.74, 6) is -1.45. The minimum absolute atomic E-state index is 0.00838. The summed E-state index contributed by atoms with van der Waals surface area (Å²) in [7, 11) is 0. The summed E-state index contributed by atoms with van der Waals surface area (Å²) in [6, 6.07) is 16.3. The average Bonchev–Trinajstić information content (AvgIpc) is 3.56. The maximum absolute atomic E-state index is 12.4. The largest absolute Gasteiger partial charge is 0.481 e. The van der Waals surface area contributed by atoms with Crippen molar-refractivity contribution in [2.75, 3.05) is 26.3 Å². The second-order valence-electron chi connectivity index (χ2n) is 8.73. The molecule has 2 aromatic rings. The maximum Gasteiger partial charge on any atom is 0.407 e. The number of nitrogens with one attached hydrogen (secondary N) is 2. The van der Waals surface area contributed by atoms with Crippen molar-refractivity contribution in [2.24, 2.45) is 11.8 Å². The van der Waals surface area contributed by atoms with E-state index in [2.05, 4.69) is 34.9 Å². The summed E-state index contributed by atoms with van der Waals surface area (Å²) in [4.78, 5) is 35.5. The van der Waals surface area contributed by atoms with Gasteiger partial charge in [0.25, 0.3) is 0 Å². The molecule has 180 valence electrons. The molecule has 2 aliphatic carbocycles. The Morgan fingerprint density at radius 2 is 1.68 bits per heavy atom. The molecule has 0 aromatic heterocycles. The molecule has 3 atom stereocenters. The second kappa shape index (κ2) is 10.7. The predicted molar refractivity (Wildman–Crippen MR) is 125 cm³/mol. The molecule has 0 saturated heterocycles. The first-order chi connectivity index (χ1) is 16.5. The van der Waals surface area contributed by atoms with Crippen molar-refractivity contribution in [1.29, 1.82) is 0 Å². The first kappa shape index (κ1) is 23.8. The molecule has 8 heteroatoms. The van der Waals surface area contributed by atoms with E-state index in [-0.39, 0.29) is 43.2 Å². The van der Waals surface area contributed by atoms with Crippen LogP contribution < -0.4 is 10.6 Å². The van der Waals surface area contributed by atoms with Gasteiger partial charge < -0.3 is 25.2 Å². The van der Waals surface area contributed by atoms with Gasteiger partial charge in [0, 0.05) is 25.6 Å². The molecule has 8 nitrogen and oxygen atoms in total. The van der Waals surface area contributed by atoms with Crippen LogP contribution >= 0.6 is 0 Å². The number of hydrogen-bond donors (Lipinski definition) is 3. The zero-order chi connectivity index (χ0) is 24.1. The molecule has 34 heavy (non-hydrogen) atoms. The highest BCUT2D eigenvalue weighted by Gasteiger charge is 2.43. The topological polar surface area (TPSA) is 114 Å². The number of aliphatic carboxylic acids is 1. The first-order valence-corrected chi connectivity index (χ1v) is 11.7. The van der Waals surface area contributed by atoms with Crippen molar-refractivity contribution < 1.29 is 29.0 Å². The molecule has 0 radical (unpaired) electrons. The summed E-state index contributed by atoms with van der Waals surface area (Å²) >= 11 is 0. The van der Waals surface area contributed by atoms with Crippen molar-refractivity contribution in [2.45, 2.75) is 31.8 Å². The van der Waals surface area contributed by atoms with Gasteiger partial charge in [-0.05, 0) is 41.5 Å². The van der Waals surface area contributed by atoms with Crippen LogP contribution in [0.3, 0.4) is 0 Å². The van der Waals surface area contributed by atoms with Crippen LogP contribution in [0.5, 0.6) is 0 Å². The molecular weight excluding hydrogens is 436 g/mol. The Morgan fingerprint density at radius 3 is 2.26 bits per heavy atom. The van der Waals surface area contributed by atoms with Crippen LogP contribution in [0.15, 0.2) is 48.5 Å². The number of alkyl carbamates (subject to hydrolysis) is 1. The quantitative estimate of drug-likeness (QED) is 0.469. The maximum atomic E-state index is 12.4. The highest BCUT2D eigenvalue weighted by Crippen LogP contribution is 2.44. The molecule has 2 amide bonds. The smallest absolute Gasteiger partial charge is 0.407 e. The number of amides is 2. The molecule has 2 aliphatic rings. The molecule has 0 heterocycles. The lowest BCUT2D eigenvalue weighted by atomic mass is 9.98. The summed E-state index contributed by atoms with van der Waals surface area (Å²) < 4.78 is 11.1. The van der Waals surface area contributed by atoms with Crippen LogP contribution in [-0.2, 0) is 19.1 Å². The summed E-state index contributed by atoms with van der Waals surface area (Å²) in [5, 5.41) is 14.4. The highest BCUT2D eigenvalue weighted by molar-refractivity contribution is 5.79.